The van der Waals surface area contributed by atoms with Crippen LogP contribution in [0.3, 0.4) is 0 Å². The van der Waals surface area contributed by atoms with E-state index in [0.29, 0.717) is 18.0 Å². The van der Waals surface area contributed by atoms with Crippen LogP contribution in [0.1, 0.15) is 23.5 Å². The number of likely N-dealkylation sites (tertiary alicyclic amines) is 1. The predicted octanol–water partition coefficient (Wildman–Crippen LogP) is 3.59. The first-order valence-corrected chi connectivity index (χ1v) is 11.5. The number of piperidine rings is 1. The Hall–Kier alpha value is -2.21. The SMILES string of the molecule is CS(=O)(=O)c1ccc(CN2CC[C@H](c3ccc4ccccc4c3)[C@@H](O)C2)cc1. The molecule has 1 heterocycles. The van der Waals surface area contributed by atoms with E-state index in [1.165, 1.54) is 22.6 Å². The largest absolute Gasteiger partial charge is 0.391 e. The van der Waals surface area contributed by atoms with Gasteiger partial charge < -0.3 is 5.11 Å². The van der Waals surface area contributed by atoms with Crippen molar-refractivity contribution < 1.29 is 13.5 Å². The Kier molecular flexibility index (Phi) is 5.23. The molecule has 1 saturated heterocycles. The van der Waals surface area contributed by atoms with Gasteiger partial charge in [-0.1, -0.05) is 54.6 Å². The molecule has 28 heavy (non-hydrogen) atoms. The molecular formula is C23H25NO3S. The molecule has 0 radical (unpaired) electrons. The molecule has 4 rings (SSSR count). The van der Waals surface area contributed by atoms with E-state index in [4.69, 9.17) is 0 Å². The molecule has 0 aliphatic carbocycles. The summed E-state index contributed by atoms with van der Waals surface area (Å²) in [6.45, 7) is 2.24. The Balaban J connectivity index is 1.43. The molecule has 0 spiro atoms. The second-order valence-corrected chi connectivity index (χ2v) is 9.74. The molecule has 2 atom stereocenters. The second kappa shape index (κ2) is 7.66. The smallest absolute Gasteiger partial charge is 0.175 e. The minimum atomic E-state index is -3.17. The summed E-state index contributed by atoms with van der Waals surface area (Å²) in [5.41, 5.74) is 2.26. The maximum Gasteiger partial charge on any atom is 0.175 e. The van der Waals surface area contributed by atoms with Gasteiger partial charge in [-0.15, -0.1) is 0 Å². The van der Waals surface area contributed by atoms with Crippen LogP contribution in [0.2, 0.25) is 0 Å². The minimum Gasteiger partial charge on any atom is -0.391 e. The summed E-state index contributed by atoms with van der Waals surface area (Å²) in [7, 11) is -3.17. The van der Waals surface area contributed by atoms with Gasteiger partial charge in [0.15, 0.2) is 9.84 Å². The Bertz CT molecular complexity index is 1080. The number of hydrogen-bond donors (Lipinski definition) is 1. The van der Waals surface area contributed by atoms with E-state index < -0.39 is 15.9 Å². The van der Waals surface area contributed by atoms with Gasteiger partial charge in [0.25, 0.3) is 0 Å². The third-order valence-corrected chi connectivity index (χ3v) is 6.75. The zero-order chi connectivity index (χ0) is 19.7. The Morgan fingerprint density at radius 2 is 1.71 bits per heavy atom. The lowest BCUT2D eigenvalue weighted by Gasteiger charge is -2.36. The van der Waals surface area contributed by atoms with E-state index in [2.05, 4.69) is 35.2 Å². The van der Waals surface area contributed by atoms with E-state index in [9.17, 15) is 13.5 Å². The van der Waals surface area contributed by atoms with E-state index in [1.807, 2.05) is 24.3 Å². The normalized spacial score (nSPS) is 21.1. The molecule has 0 aromatic heterocycles. The quantitative estimate of drug-likeness (QED) is 0.733. The van der Waals surface area contributed by atoms with Gasteiger partial charge in [0.1, 0.15) is 0 Å². The van der Waals surface area contributed by atoms with Crippen LogP contribution in [0.5, 0.6) is 0 Å². The van der Waals surface area contributed by atoms with Crippen molar-refractivity contribution in [3.05, 3.63) is 77.9 Å². The van der Waals surface area contributed by atoms with Gasteiger partial charge in [0.05, 0.1) is 11.0 Å². The van der Waals surface area contributed by atoms with Crippen LogP contribution in [0, 0.1) is 0 Å². The summed E-state index contributed by atoms with van der Waals surface area (Å²) in [5.74, 6) is 0.147. The summed E-state index contributed by atoms with van der Waals surface area (Å²) < 4.78 is 23.2. The van der Waals surface area contributed by atoms with Crippen molar-refractivity contribution in [1.29, 1.82) is 0 Å². The fourth-order valence-electron chi connectivity index (χ4n) is 4.07. The first-order chi connectivity index (χ1) is 13.4. The van der Waals surface area contributed by atoms with E-state index in [0.717, 1.165) is 18.5 Å². The third kappa shape index (κ3) is 4.12. The van der Waals surface area contributed by atoms with Crippen LogP contribution in [0.4, 0.5) is 0 Å². The summed E-state index contributed by atoms with van der Waals surface area (Å²) in [4.78, 5) is 2.57. The van der Waals surface area contributed by atoms with Crippen LogP contribution < -0.4 is 0 Å². The molecule has 0 amide bonds. The Labute approximate surface area is 166 Å². The first kappa shape index (κ1) is 19.1. The number of nitrogens with zero attached hydrogens (tertiary/aromatic N) is 1. The van der Waals surface area contributed by atoms with E-state index in [1.54, 1.807) is 12.1 Å². The number of aliphatic hydroxyl groups is 1. The Morgan fingerprint density at radius 3 is 2.39 bits per heavy atom. The van der Waals surface area contributed by atoms with Crippen LogP contribution in [-0.2, 0) is 16.4 Å². The highest BCUT2D eigenvalue weighted by atomic mass is 32.2. The van der Waals surface area contributed by atoms with Crippen LogP contribution in [-0.4, -0.2) is 43.9 Å². The van der Waals surface area contributed by atoms with Crippen molar-refractivity contribution in [2.24, 2.45) is 0 Å². The maximum absolute atomic E-state index is 11.6. The van der Waals surface area contributed by atoms with Gasteiger partial charge in [-0.3, -0.25) is 4.90 Å². The second-order valence-electron chi connectivity index (χ2n) is 7.72. The van der Waals surface area contributed by atoms with Crippen molar-refractivity contribution >= 4 is 20.6 Å². The van der Waals surface area contributed by atoms with Gasteiger partial charge >= 0.3 is 0 Å². The fraction of sp³-hybridized carbons (Fsp3) is 0.304. The van der Waals surface area contributed by atoms with Crippen molar-refractivity contribution in [3.8, 4) is 0 Å². The van der Waals surface area contributed by atoms with Gasteiger partial charge in [0.2, 0.25) is 0 Å². The highest BCUT2D eigenvalue weighted by Crippen LogP contribution is 2.31. The topological polar surface area (TPSA) is 57.6 Å². The molecule has 4 nitrogen and oxygen atoms in total. The Morgan fingerprint density at radius 1 is 1.00 bits per heavy atom. The number of benzene rings is 3. The molecule has 0 saturated carbocycles. The molecule has 1 fully saturated rings. The zero-order valence-corrected chi connectivity index (χ0v) is 16.8. The number of β-amino-alcohol motifs (C(OH)–C–C–N with tert-alkyl or cyclic N) is 1. The highest BCUT2D eigenvalue weighted by molar-refractivity contribution is 7.90. The molecule has 146 valence electrons. The monoisotopic (exact) mass is 395 g/mol. The zero-order valence-electron chi connectivity index (χ0n) is 16.0. The number of aliphatic hydroxyl groups excluding tert-OH is 1. The van der Waals surface area contributed by atoms with E-state index in [-0.39, 0.29) is 5.92 Å². The first-order valence-electron chi connectivity index (χ1n) is 9.58. The number of fused-ring (bicyclic) bond motifs is 1. The number of hydrogen-bond acceptors (Lipinski definition) is 4. The van der Waals surface area contributed by atoms with Crippen LogP contribution in [0.15, 0.2) is 71.6 Å². The van der Waals surface area contributed by atoms with Gasteiger partial charge in [-0.2, -0.15) is 0 Å². The maximum atomic E-state index is 11.6. The minimum absolute atomic E-state index is 0.147. The van der Waals surface area contributed by atoms with Crippen molar-refractivity contribution in [3.63, 3.8) is 0 Å². The predicted molar refractivity (Wildman–Crippen MR) is 112 cm³/mol. The van der Waals surface area contributed by atoms with Gasteiger partial charge in [0, 0.05) is 25.3 Å². The third-order valence-electron chi connectivity index (χ3n) is 5.63. The lowest BCUT2D eigenvalue weighted by atomic mass is 9.86. The average molecular weight is 396 g/mol. The molecule has 1 N–H and O–H groups in total. The molecule has 3 aromatic rings. The lowest BCUT2D eigenvalue weighted by Crippen LogP contribution is -2.42. The molecule has 3 aromatic carbocycles. The van der Waals surface area contributed by atoms with Crippen molar-refractivity contribution in [1.82, 2.24) is 4.90 Å². The molecule has 0 bridgehead atoms. The molecule has 1 aliphatic rings. The van der Waals surface area contributed by atoms with Gasteiger partial charge in [-0.25, -0.2) is 8.42 Å². The standard InChI is InChI=1S/C23H25NO3S/c1-28(26,27)21-10-6-17(7-11-21)15-24-13-12-22(23(25)16-24)20-9-8-18-4-2-3-5-19(18)14-20/h2-11,14,22-23,25H,12-13,15-16H2,1H3/t22-,23+/m1/s1. The lowest BCUT2D eigenvalue weighted by molar-refractivity contribution is 0.0477. The summed E-state index contributed by atoms with van der Waals surface area (Å²) >= 11 is 0. The van der Waals surface area contributed by atoms with Crippen molar-refractivity contribution in [2.75, 3.05) is 19.3 Å². The summed E-state index contributed by atoms with van der Waals surface area (Å²) in [6, 6.07) is 21.8. The molecule has 0 unspecified atom stereocenters. The number of sulfone groups is 1. The van der Waals surface area contributed by atoms with Crippen molar-refractivity contribution in [2.45, 2.75) is 29.9 Å². The van der Waals surface area contributed by atoms with Gasteiger partial charge in [-0.05, 0) is 47.0 Å². The van der Waals surface area contributed by atoms with Crippen LogP contribution in [0.25, 0.3) is 10.8 Å². The fourth-order valence-corrected chi connectivity index (χ4v) is 4.70. The summed E-state index contributed by atoms with van der Waals surface area (Å²) in [6.07, 6.45) is 1.71. The van der Waals surface area contributed by atoms with Crippen LogP contribution >= 0.6 is 0 Å². The highest BCUT2D eigenvalue weighted by Gasteiger charge is 2.29. The average Bonchev–Trinajstić information content (AvgIpc) is 2.67. The number of rotatable bonds is 4. The molecule has 1 aliphatic heterocycles. The summed E-state index contributed by atoms with van der Waals surface area (Å²) in [5, 5.41) is 13.2. The van der Waals surface area contributed by atoms with E-state index >= 15 is 0 Å². The molecule has 5 heteroatoms. The molecular weight excluding hydrogens is 370 g/mol.